The van der Waals surface area contributed by atoms with E-state index in [1.54, 1.807) is 6.07 Å². The normalized spacial score (nSPS) is 11.3. The number of carbonyl (C=O) groups excluding carboxylic acids is 1. The Balaban J connectivity index is 1.80. The van der Waals surface area contributed by atoms with Gasteiger partial charge in [0.05, 0.1) is 11.3 Å². The molecule has 0 atom stereocenters. The molecule has 1 aromatic heterocycles. The lowest BCUT2D eigenvalue weighted by molar-refractivity contribution is -0.137. The Bertz CT molecular complexity index is 1120. The summed E-state index contributed by atoms with van der Waals surface area (Å²) in [5.41, 5.74) is 2.11. The molecular formula is C21H18F3N3O2. The molecule has 0 unspecified atom stereocenters. The molecule has 0 saturated carbocycles. The first-order valence-corrected chi connectivity index (χ1v) is 8.76. The molecule has 0 aliphatic heterocycles. The summed E-state index contributed by atoms with van der Waals surface area (Å²) in [5, 5.41) is 6.58. The molecule has 0 aliphatic rings. The molecule has 29 heavy (non-hydrogen) atoms. The molecule has 3 aromatic rings. The number of rotatable bonds is 4. The Morgan fingerprint density at radius 1 is 1.03 bits per heavy atom. The van der Waals surface area contributed by atoms with Crippen LogP contribution in [-0.4, -0.2) is 15.7 Å². The Morgan fingerprint density at radius 3 is 2.48 bits per heavy atom. The van der Waals surface area contributed by atoms with Crippen molar-refractivity contribution in [2.75, 3.05) is 5.32 Å². The van der Waals surface area contributed by atoms with E-state index in [0.717, 1.165) is 33.5 Å². The van der Waals surface area contributed by atoms with Crippen LogP contribution in [0.1, 0.15) is 16.7 Å². The molecule has 1 N–H and O–H groups in total. The summed E-state index contributed by atoms with van der Waals surface area (Å²) < 4.78 is 39.4. The van der Waals surface area contributed by atoms with Gasteiger partial charge >= 0.3 is 6.18 Å². The van der Waals surface area contributed by atoms with Crippen molar-refractivity contribution >= 4 is 11.6 Å². The molecule has 3 rings (SSSR count). The molecule has 1 heterocycles. The Kier molecular flexibility index (Phi) is 5.54. The number of carbonyl (C=O) groups is 1. The van der Waals surface area contributed by atoms with Crippen LogP contribution in [-0.2, 0) is 17.5 Å². The topological polar surface area (TPSA) is 64.0 Å². The fourth-order valence-electron chi connectivity index (χ4n) is 2.73. The maximum atomic E-state index is 12.8. The van der Waals surface area contributed by atoms with Gasteiger partial charge in [-0.25, -0.2) is 4.68 Å². The highest BCUT2D eigenvalue weighted by molar-refractivity contribution is 5.90. The van der Waals surface area contributed by atoms with E-state index >= 15 is 0 Å². The number of alkyl halides is 3. The van der Waals surface area contributed by atoms with E-state index < -0.39 is 29.8 Å². The molecule has 0 bridgehead atoms. The average Bonchev–Trinajstić information content (AvgIpc) is 2.65. The number of aromatic nitrogens is 2. The minimum Gasteiger partial charge on any atom is -0.324 e. The van der Waals surface area contributed by atoms with Gasteiger partial charge in [-0.05, 0) is 55.3 Å². The second-order valence-electron chi connectivity index (χ2n) is 6.64. The third-order valence-corrected chi connectivity index (χ3v) is 4.44. The number of benzene rings is 2. The van der Waals surface area contributed by atoms with Crippen molar-refractivity contribution in [1.82, 2.24) is 9.78 Å². The SMILES string of the molecule is Cc1ccc(-c2ccc(=O)n(CC(=O)Nc3cccc(C(F)(F)F)c3)n2)cc1C. The first-order valence-electron chi connectivity index (χ1n) is 8.76. The van der Waals surface area contributed by atoms with Crippen LogP contribution in [0.2, 0.25) is 0 Å². The fraction of sp³-hybridized carbons (Fsp3) is 0.190. The number of halogens is 3. The fourth-order valence-corrected chi connectivity index (χ4v) is 2.73. The van der Waals surface area contributed by atoms with Crippen molar-refractivity contribution in [1.29, 1.82) is 0 Å². The Hall–Kier alpha value is -3.42. The van der Waals surface area contributed by atoms with E-state index in [-0.39, 0.29) is 5.69 Å². The van der Waals surface area contributed by atoms with Crippen molar-refractivity contribution in [3.8, 4) is 11.3 Å². The van der Waals surface area contributed by atoms with E-state index in [9.17, 15) is 22.8 Å². The van der Waals surface area contributed by atoms with Gasteiger partial charge in [0.2, 0.25) is 5.91 Å². The first kappa shape index (κ1) is 20.3. The van der Waals surface area contributed by atoms with Crippen molar-refractivity contribution in [3.05, 3.63) is 81.6 Å². The summed E-state index contributed by atoms with van der Waals surface area (Å²) in [7, 11) is 0. The number of hydrogen-bond donors (Lipinski definition) is 1. The lowest BCUT2D eigenvalue weighted by Gasteiger charge is -2.11. The van der Waals surface area contributed by atoms with Crippen LogP contribution in [0.4, 0.5) is 18.9 Å². The van der Waals surface area contributed by atoms with Crippen LogP contribution in [0, 0.1) is 13.8 Å². The molecule has 150 valence electrons. The van der Waals surface area contributed by atoms with E-state index in [4.69, 9.17) is 0 Å². The number of amides is 1. The van der Waals surface area contributed by atoms with Gasteiger partial charge in [0.25, 0.3) is 5.56 Å². The van der Waals surface area contributed by atoms with Crippen molar-refractivity contribution < 1.29 is 18.0 Å². The predicted molar refractivity (Wildman–Crippen MR) is 103 cm³/mol. The molecule has 2 aromatic carbocycles. The van der Waals surface area contributed by atoms with Crippen molar-refractivity contribution in [3.63, 3.8) is 0 Å². The lowest BCUT2D eigenvalue weighted by Crippen LogP contribution is -2.29. The van der Waals surface area contributed by atoms with Gasteiger partial charge in [-0.15, -0.1) is 0 Å². The molecule has 0 saturated heterocycles. The standard InChI is InChI=1S/C21H18F3N3O2/c1-13-6-7-15(10-14(13)2)18-8-9-20(29)27(26-18)12-19(28)25-17-5-3-4-16(11-17)21(22,23)24/h3-11H,12H2,1-2H3,(H,25,28). The Labute approximate surface area is 164 Å². The van der Waals surface area contributed by atoms with Crippen LogP contribution in [0.25, 0.3) is 11.3 Å². The minimum absolute atomic E-state index is 0.0109. The third kappa shape index (κ3) is 4.90. The highest BCUT2D eigenvalue weighted by Crippen LogP contribution is 2.30. The summed E-state index contributed by atoms with van der Waals surface area (Å²) >= 11 is 0. The quantitative estimate of drug-likeness (QED) is 0.713. The number of anilines is 1. The molecule has 0 fully saturated rings. The van der Waals surface area contributed by atoms with Gasteiger partial charge in [0.1, 0.15) is 6.54 Å². The van der Waals surface area contributed by atoms with Gasteiger partial charge in [-0.1, -0.05) is 18.2 Å². The van der Waals surface area contributed by atoms with Crippen molar-refractivity contribution in [2.45, 2.75) is 26.6 Å². The van der Waals surface area contributed by atoms with Gasteiger partial charge in [-0.2, -0.15) is 18.3 Å². The van der Waals surface area contributed by atoms with Gasteiger partial charge < -0.3 is 5.32 Å². The molecule has 0 spiro atoms. The average molecular weight is 401 g/mol. The lowest BCUT2D eigenvalue weighted by atomic mass is 10.0. The third-order valence-electron chi connectivity index (χ3n) is 4.44. The molecule has 1 amide bonds. The molecule has 0 aliphatic carbocycles. The van der Waals surface area contributed by atoms with E-state index in [0.29, 0.717) is 5.69 Å². The summed E-state index contributed by atoms with van der Waals surface area (Å²) in [6.45, 7) is 3.51. The summed E-state index contributed by atoms with van der Waals surface area (Å²) in [5.74, 6) is -0.656. The number of nitrogens with zero attached hydrogens (tertiary/aromatic N) is 2. The predicted octanol–water partition coefficient (Wildman–Crippen LogP) is 4.18. The van der Waals surface area contributed by atoms with Crippen LogP contribution in [0.3, 0.4) is 0 Å². The summed E-state index contributed by atoms with van der Waals surface area (Å²) in [4.78, 5) is 24.3. The zero-order valence-electron chi connectivity index (χ0n) is 15.7. The second-order valence-corrected chi connectivity index (χ2v) is 6.64. The molecule has 8 heteroatoms. The minimum atomic E-state index is -4.51. The number of aryl methyl sites for hydroxylation is 2. The van der Waals surface area contributed by atoms with Gasteiger partial charge in [-0.3, -0.25) is 9.59 Å². The highest BCUT2D eigenvalue weighted by Gasteiger charge is 2.30. The van der Waals surface area contributed by atoms with Crippen LogP contribution in [0.5, 0.6) is 0 Å². The maximum absolute atomic E-state index is 12.8. The second kappa shape index (κ2) is 7.90. The molecule has 5 nitrogen and oxygen atoms in total. The van der Waals surface area contributed by atoms with E-state index in [2.05, 4.69) is 10.4 Å². The summed E-state index contributed by atoms with van der Waals surface area (Å²) in [6, 6.07) is 12.9. The van der Waals surface area contributed by atoms with Gasteiger partial charge in [0.15, 0.2) is 0 Å². The van der Waals surface area contributed by atoms with Crippen LogP contribution < -0.4 is 10.9 Å². The Morgan fingerprint density at radius 2 is 1.79 bits per heavy atom. The maximum Gasteiger partial charge on any atom is 0.416 e. The first-order chi connectivity index (χ1) is 13.6. The van der Waals surface area contributed by atoms with Crippen molar-refractivity contribution in [2.24, 2.45) is 0 Å². The molecule has 0 radical (unpaired) electrons. The zero-order chi connectivity index (χ0) is 21.2. The smallest absolute Gasteiger partial charge is 0.324 e. The summed E-state index contributed by atoms with van der Waals surface area (Å²) in [6.07, 6.45) is -4.51. The zero-order valence-corrected chi connectivity index (χ0v) is 15.7. The van der Waals surface area contributed by atoms with Crippen LogP contribution in [0.15, 0.2) is 59.4 Å². The number of nitrogens with one attached hydrogen (secondary N) is 1. The van der Waals surface area contributed by atoms with Gasteiger partial charge in [0, 0.05) is 17.3 Å². The van der Waals surface area contributed by atoms with E-state index in [1.165, 1.54) is 18.2 Å². The van der Waals surface area contributed by atoms with E-state index in [1.807, 2.05) is 32.0 Å². The number of hydrogen-bond acceptors (Lipinski definition) is 3. The highest BCUT2D eigenvalue weighted by atomic mass is 19.4. The van der Waals surface area contributed by atoms with Crippen LogP contribution >= 0.6 is 0 Å². The molecular weight excluding hydrogens is 383 g/mol. The largest absolute Gasteiger partial charge is 0.416 e. The monoisotopic (exact) mass is 401 g/mol.